The van der Waals surface area contributed by atoms with Crippen molar-refractivity contribution in [3.8, 4) is 0 Å². The van der Waals surface area contributed by atoms with Gasteiger partial charge in [-0.25, -0.2) is 0 Å². The Morgan fingerprint density at radius 3 is 2.48 bits per heavy atom. The van der Waals surface area contributed by atoms with E-state index in [4.69, 9.17) is 11.6 Å². The van der Waals surface area contributed by atoms with E-state index in [0.29, 0.717) is 22.0 Å². The highest BCUT2D eigenvalue weighted by Gasteiger charge is 2.19. The van der Waals surface area contributed by atoms with Gasteiger partial charge in [-0.1, -0.05) is 33.6 Å². The Hall–Kier alpha value is -2.64. The summed E-state index contributed by atoms with van der Waals surface area (Å²) in [7, 11) is 0. The average molecular weight is 476 g/mol. The first-order chi connectivity index (χ1) is 13.7. The van der Waals surface area contributed by atoms with E-state index in [2.05, 4.69) is 31.7 Å². The SMILES string of the molecule is Cc1cc(C)n(C(C)C(=O)Nc2ccc(NC(=O)c3cccc(Br)c3)cc2Cl)n1. The molecule has 1 atom stereocenters. The van der Waals surface area contributed by atoms with Gasteiger partial charge in [-0.05, 0) is 63.2 Å². The highest BCUT2D eigenvalue weighted by molar-refractivity contribution is 9.10. The standard InChI is InChI=1S/C21H20BrClN4O2/c1-12-9-13(2)27(26-12)14(3)20(28)25-19-8-7-17(11-18(19)23)24-21(29)15-5-4-6-16(22)10-15/h4-11,14H,1-3H3,(H,24,29)(H,25,28). The number of anilines is 2. The van der Waals surface area contributed by atoms with Crippen LogP contribution in [0.4, 0.5) is 11.4 Å². The molecule has 0 spiro atoms. The van der Waals surface area contributed by atoms with E-state index in [-0.39, 0.29) is 11.8 Å². The molecule has 2 N–H and O–H groups in total. The molecule has 0 aliphatic carbocycles. The molecule has 0 aliphatic heterocycles. The minimum absolute atomic E-state index is 0.232. The smallest absolute Gasteiger partial charge is 0.255 e. The quantitative estimate of drug-likeness (QED) is 0.521. The number of hydrogen-bond acceptors (Lipinski definition) is 3. The van der Waals surface area contributed by atoms with E-state index in [1.807, 2.05) is 26.0 Å². The van der Waals surface area contributed by atoms with E-state index in [9.17, 15) is 9.59 Å². The van der Waals surface area contributed by atoms with Crippen LogP contribution in [0.1, 0.15) is 34.7 Å². The summed E-state index contributed by atoms with van der Waals surface area (Å²) in [4.78, 5) is 25.0. The fourth-order valence-electron chi connectivity index (χ4n) is 2.91. The van der Waals surface area contributed by atoms with Crippen molar-refractivity contribution >= 4 is 50.7 Å². The van der Waals surface area contributed by atoms with E-state index >= 15 is 0 Å². The van der Waals surface area contributed by atoms with Crippen LogP contribution in [-0.4, -0.2) is 21.6 Å². The molecular weight excluding hydrogens is 456 g/mol. The number of aromatic nitrogens is 2. The van der Waals surface area contributed by atoms with Crippen molar-refractivity contribution in [3.63, 3.8) is 0 Å². The van der Waals surface area contributed by atoms with Crippen LogP contribution >= 0.6 is 27.5 Å². The van der Waals surface area contributed by atoms with Crippen LogP contribution in [0.2, 0.25) is 5.02 Å². The summed E-state index contributed by atoms with van der Waals surface area (Å²) in [5.41, 5.74) is 3.27. The molecule has 2 aromatic carbocycles. The zero-order chi connectivity index (χ0) is 21.1. The molecule has 3 rings (SSSR count). The second-order valence-corrected chi connectivity index (χ2v) is 8.02. The lowest BCUT2D eigenvalue weighted by Gasteiger charge is -2.16. The molecule has 1 unspecified atom stereocenters. The fraction of sp³-hybridized carbons (Fsp3) is 0.190. The van der Waals surface area contributed by atoms with Gasteiger partial charge in [0.1, 0.15) is 6.04 Å². The third-order valence-electron chi connectivity index (χ3n) is 4.36. The molecule has 0 aliphatic rings. The maximum Gasteiger partial charge on any atom is 0.255 e. The number of carbonyl (C=O) groups is 2. The van der Waals surface area contributed by atoms with Crippen molar-refractivity contribution in [3.05, 3.63) is 75.0 Å². The van der Waals surface area contributed by atoms with Gasteiger partial charge in [0.25, 0.3) is 5.91 Å². The van der Waals surface area contributed by atoms with Gasteiger partial charge >= 0.3 is 0 Å². The summed E-state index contributed by atoms with van der Waals surface area (Å²) < 4.78 is 2.49. The molecule has 0 bridgehead atoms. The Balaban J connectivity index is 1.70. The first-order valence-electron chi connectivity index (χ1n) is 8.94. The molecule has 29 heavy (non-hydrogen) atoms. The fourth-order valence-corrected chi connectivity index (χ4v) is 3.54. The van der Waals surface area contributed by atoms with Crippen LogP contribution < -0.4 is 10.6 Å². The van der Waals surface area contributed by atoms with Crippen LogP contribution in [0.3, 0.4) is 0 Å². The third-order valence-corrected chi connectivity index (χ3v) is 5.17. The Morgan fingerprint density at radius 2 is 1.86 bits per heavy atom. The van der Waals surface area contributed by atoms with Crippen molar-refractivity contribution in [1.82, 2.24) is 9.78 Å². The second-order valence-electron chi connectivity index (χ2n) is 6.70. The number of carbonyl (C=O) groups excluding carboxylic acids is 2. The van der Waals surface area contributed by atoms with Gasteiger partial charge in [-0.15, -0.1) is 0 Å². The van der Waals surface area contributed by atoms with Crippen molar-refractivity contribution in [2.24, 2.45) is 0 Å². The maximum atomic E-state index is 12.6. The van der Waals surface area contributed by atoms with Crippen molar-refractivity contribution in [2.75, 3.05) is 10.6 Å². The lowest BCUT2D eigenvalue weighted by molar-refractivity contribution is -0.119. The van der Waals surface area contributed by atoms with Crippen LogP contribution in [-0.2, 0) is 4.79 Å². The normalized spacial score (nSPS) is 11.8. The molecule has 1 aromatic heterocycles. The van der Waals surface area contributed by atoms with Crippen LogP contribution in [0, 0.1) is 13.8 Å². The van der Waals surface area contributed by atoms with Gasteiger partial charge in [0.05, 0.1) is 16.4 Å². The predicted molar refractivity (Wildman–Crippen MR) is 119 cm³/mol. The van der Waals surface area contributed by atoms with Crippen molar-refractivity contribution in [2.45, 2.75) is 26.8 Å². The molecule has 3 aromatic rings. The second kappa shape index (κ2) is 8.80. The van der Waals surface area contributed by atoms with Gasteiger partial charge in [0.15, 0.2) is 0 Å². The van der Waals surface area contributed by atoms with E-state index < -0.39 is 6.04 Å². The summed E-state index contributed by atoms with van der Waals surface area (Å²) >= 11 is 9.66. The molecule has 8 heteroatoms. The lowest BCUT2D eigenvalue weighted by atomic mass is 10.2. The Kier molecular flexibility index (Phi) is 6.39. The molecule has 0 radical (unpaired) electrons. The Bertz CT molecular complexity index is 1080. The molecule has 0 saturated carbocycles. The van der Waals surface area contributed by atoms with Crippen LogP contribution in [0.15, 0.2) is 53.0 Å². The summed E-state index contributed by atoms with van der Waals surface area (Å²) in [6.07, 6.45) is 0. The summed E-state index contributed by atoms with van der Waals surface area (Å²) in [5, 5.41) is 10.3. The number of halogens is 2. The molecule has 0 saturated heterocycles. The number of rotatable bonds is 5. The largest absolute Gasteiger partial charge is 0.323 e. The molecule has 6 nitrogen and oxygen atoms in total. The highest BCUT2D eigenvalue weighted by Crippen LogP contribution is 2.27. The summed E-state index contributed by atoms with van der Waals surface area (Å²) in [6.45, 7) is 5.56. The van der Waals surface area contributed by atoms with Crippen LogP contribution in [0.25, 0.3) is 0 Å². The zero-order valence-corrected chi connectivity index (χ0v) is 18.5. The Labute approximate surface area is 182 Å². The number of aryl methyl sites for hydroxylation is 2. The van der Waals surface area contributed by atoms with E-state index in [1.165, 1.54) is 0 Å². The van der Waals surface area contributed by atoms with Crippen molar-refractivity contribution < 1.29 is 9.59 Å². The summed E-state index contributed by atoms with van der Waals surface area (Å²) in [5.74, 6) is -0.485. The van der Waals surface area contributed by atoms with Gasteiger partial charge in [-0.2, -0.15) is 5.10 Å². The van der Waals surface area contributed by atoms with Gasteiger partial charge in [-0.3, -0.25) is 14.3 Å². The number of benzene rings is 2. The van der Waals surface area contributed by atoms with Gasteiger partial charge < -0.3 is 10.6 Å². The number of hydrogen-bond donors (Lipinski definition) is 2. The highest BCUT2D eigenvalue weighted by atomic mass is 79.9. The van der Waals surface area contributed by atoms with Crippen LogP contribution in [0.5, 0.6) is 0 Å². The summed E-state index contributed by atoms with van der Waals surface area (Å²) in [6, 6.07) is 13.4. The monoisotopic (exact) mass is 474 g/mol. The minimum Gasteiger partial charge on any atom is -0.323 e. The molecule has 1 heterocycles. The minimum atomic E-state index is -0.490. The molecule has 0 fully saturated rings. The van der Waals surface area contributed by atoms with E-state index in [1.54, 1.807) is 48.0 Å². The molecule has 150 valence electrons. The first kappa shape index (κ1) is 21.1. The molecular formula is C21H20BrClN4O2. The number of nitrogens with zero attached hydrogens (tertiary/aromatic N) is 2. The predicted octanol–water partition coefficient (Wildman–Crippen LogP) is 5.37. The van der Waals surface area contributed by atoms with Gasteiger partial charge in [0, 0.05) is 21.4 Å². The lowest BCUT2D eigenvalue weighted by Crippen LogP contribution is -2.25. The van der Waals surface area contributed by atoms with E-state index in [0.717, 1.165) is 15.9 Å². The third kappa shape index (κ3) is 5.05. The first-order valence-corrected chi connectivity index (χ1v) is 10.1. The number of amides is 2. The Morgan fingerprint density at radius 1 is 1.10 bits per heavy atom. The average Bonchev–Trinajstić information content (AvgIpc) is 3.01. The zero-order valence-electron chi connectivity index (χ0n) is 16.2. The molecule has 2 amide bonds. The topological polar surface area (TPSA) is 76.0 Å². The maximum absolute atomic E-state index is 12.6. The number of nitrogens with one attached hydrogen (secondary N) is 2. The van der Waals surface area contributed by atoms with Gasteiger partial charge in [0.2, 0.25) is 5.91 Å². The van der Waals surface area contributed by atoms with Crippen molar-refractivity contribution in [1.29, 1.82) is 0 Å².